The van der Waals surface area contributed by atoms with Gasteiger partial charge in [0.15, 0.2) is 0 Å². The number of likely N-dealkylation sites (tertiary alicyclic amines) is 2. The molecule has 33 heavy (non-hydrogen) atoms. The van der Waals surface area contributed by atoms with E-state index in [1.54, 1.807) is 24.0 Å². The Hall–Kier alpha value is -2.81. The normalized spacial score (nSPS) is 18.5. The van der Waals surface area contributed by atoms with Gasteiger partial charge in [0.1, 0.15) is 5.82 Å². The van der Waals surface area contributed by atoms with Crippen LogP contribution in [0.5, 0.6) is 0 Å². The van der Waals surface area contributed by atoms with Crippen LogP contribution in [0, 0.1) is 12.8 Å². The molecule has 9 nitrogen and oxygen atoms in total. The van der Waals surface area contributed by atoms with Crippen molar-refractivity contribution in [2.24, 2.45) is 13.0 Å². The molecule has 2 saturated heterocycles. The number of amides is 2. The standard InChI is InChI=1S/C24H35N7O2/c1-17-25-14-22(24(33)26-12-20-13-27-29(3)15-20)23(28-17)21-6-8-30(9-7-21)16-19-4-10-31(11-5-19)18(2)32/h13-15,19,21H,4-12,16H2,1-3H3,(H,26,33). The highest BCUT2D eigenvalue weighted by Gasteiger charge is 2.28. The zero-order chi connectivity index (χ0) is 23.4. The average molecular weight is 454 g/mol. The lowest BCUT2D eigenvalue weighted by molar-refractivity contribution is -0.130. The van der Waals surface area contributed by atoms with Crippen molar-refractivity contribution in [3.63, 3.8) is 0 Å². The van der Waals surface area contributed by atoms with E-state index >= 15 is 0 Å². The summed E-state index contributed by atoms with van der Waals surface area (Å²) in [6.45, 7) is 8.86. The van der Waals surface area contributed by atoms with E-state index in [-0.39, 0.29) is 17.7 Å². The average Bonchev–Trinajstić information content (AvgIpc) is 3.23. The lowest BCUT2D eigenvalue weighted by Crippen LogP contribution is -2.42. The monoisotopic (exact) mass is 453 g/mol. The van der Waals surface area contributed by atoms with Crippen LogP contribution in [0.3, 0.4) is 0 Å². The Kier molecular flexibility index (Phi) is 7.37. The van der Waals surface area contributed by atoms with E-state index in [9.17, 15) is 9.59 Å². The van der Waals surface area contributed by atoms with Gasteiger partial charge in [-0.1, -0.05) is 0 Å². The van der Waals surface area contributed by atoms with Gasteiger partial charge in [0.2, 0.25) is 5.91 Å². The Labute approximate surface area is 195 Å². The summed E-state index contributed by atoms with van der Waals surface area (Å²) in [4.78, 5) is 38.0. The molecule has 0 bridgehead atoms. The second kappa shape index (κ2) is 10.4. The first kappa shape index (κ1) is 23.4. The Morgan fingerprint density at radius 1 is 1.09 bits per heavy atom. The molecule has 2 fully saturated rings. The van der Waals surface area contributed by atoms with Crippen molar-refractivity contribution >= 4 is 11.8 Å². The van der Waals surface area contributed by atoms with Gasteiger partial charge < -0.3 is 15.1 Å². The number of carbonyl (C=O) groups excluding carboxylic acids is 2. The minimum Gasteiger partial charge on any atom is -0.348 e. The summed E-state index contributed by atoms with van der Waals surface area (Å²) in [6, 6.07) is 0. The van der Waals surface area contributed by atoms with Gasteiger partial charge in [-0.15, -0.1) is 0 Å². The van der Waals surface area contributed by atoms with Gasteiger partial charge in [-0.2, -0.15) is 5.10 Å². The van der Waals surface area contributed by atoms with E-state index in [0.717, 1.165) is 69.7 Å². The molecule has 4 rings (SSSR count). The van der Waals surface area contributed by atoms with Crippen molar-refractivity contribution in [2.45, 2.75) is 52.0 Å². The van der Waals surface area contributed by atoms with E-state index in [2.05, 4.69) is 20.3 Å². The van der Waals surface area contributed by atoms with Crippen molar-refractivity contribution in [1.82, 2.24) is 34.9 Å². The molecule has 0 aliphatic carbocycles. The number of aryl methyl sites for hydroxylation is 2. The van der Waals surface area contributed by atoms with Crippen molar-refractivity contribution in [2.75, 3.05) is 32.7 Å². The molecular formula is C24H35N7O2. The van der Waals surface area contributed by atoms with Crippen molar-refractivity contribution in [3.8, 4) is 0 Å². The van der Waals surface area contributed by atoms with Crippen molar-refractivity contribution < 1.29 is 9.59 Å². The minimum atomic E-state index is -0.131. The molecule has 4 heterocycles. The summed E-state index contributed by atoms with van der Waals surface area (Å²) < 4.78 is 1.72. The third-order valence-electron chi connectivity index (χ3n) is 6.95. The predicted octanol–water partition coefficient (Wildman–Crippen LogP) is 1.89. The fourth-order valence-corrected chi connectivity index (χ4v) is 5.00. The Balaban J connectivity index is 1.32. The first-order chi connectivity index (χ1) is 15.9. The zero-order valence-electron chi connectivity index (χ0n) is 20.0. The van der Waals surface area contributed by atoms with Crippen LogP contribution in [-0.2, 0) is 18.4 Å². The maximum atomic E-state index is 12.9. The minimum absolute atomic E-state index is 0.131. The fraction of sp³-hybridized carbons (Fsp3) is 0.625. The molecule has 2 aliphatic heterocycles. The van der Waals surface area contributed by atoms with E-state index in [1.165, 1.54) is 0 Å². The van der Waals surface area contributed by atoms with Crippen molar-refractivity contribution in [3.05, 3.63) is 41.2 Å². The van der Waals surface area contributed by atoms with E-state index < -0.39 is 0 Å². The van der Waals surface area contributed by atoms with Gasteiger partial charge in [0, 0.05) is 64.0 Å². The molecule has 2 aromatic heterocycles. The highest BCUT2D eigenvalue weighted by atomic mass is 16.2. The molecule has 2 aliphatic rings. The first-order valence-electron chi connectivity index (χ1n) is 12.0. The number of aromatic nitrogens is 4. The molecule has 0 unspecified atom stereocenters. The number of nitrogens with zero attached hydrogens (tertiary/aromatic N) is 6. The van der Waals surface area contributed by atoms with Gasteiger partial charge >= 0.3 is 0 Å². The smallest absolute Gasteiger partial charge is 0.254 e. The van der Waals surface area contributed by atoms with Crippen molar-refractivity contribution in [1.29, 1.82) is 0 Å². The van der Waals surface area contributed by atoms with Gasteiger partial charge in [-0.05, 0) is 51.6 Å². The van der Waals surface area contributed by atoms with Crippen LogP contribution < -0.4 is 5.32 Å². The summed E-state index contributed by atoms with van der Waals surface area (Å²) in [7, 11) is 1.86. The number of piperidine rings is 2. The lowest BCUT2D eigenvalue weighted by atomic mass is 9.89. The maximum Gasteiger partial charge on any atom is 0.254 e. The second-order valence-electron chi connectivity index (χ2n) is 9.45. The molecular weight excluding hydrogens is 418 g/mol. The van der Waals surface area contributed by atoms with E-state index in [0.29, 0.717) is 23.9 Å². The number of carbonyl (C=O) groups is 2. The number of hydrogen-bond donors (Lipinski definition) is 1. The summed E-state index contributed by atoms with van der Waals surface area (Å²) in [5.41, 5.74) is 2.42. The molecule has 0 spiro atoms. The first-order valence-corrected chi connectivity index (χ1v) is 12.0. The van der Waals surface area contributed by atoms with E-state index in [1.807, 2.05) is 25.1 Å². The van der Waals surface area contributed by atoms with Gasteiger partial charge in [-0.3, -0.25) is 14.3 Å². The molecule has 2 amide bonds. The Morgan fingerprint density at radius 2 is 1.82 bits per heavy atom. The molecule has 0 aromatic carbocycles. The van der Waals surface area contributed by atoms with Crippen LogP contribution in [0.25, 0.3) is 0 Å². The summed E-state index contributed by atoms with van der Waals surface area (Å²) in [5.74, 6) is 1.69. The highest BCUT2D eigenvalue weighted by molar-refractivity contribution is 5.95. The molecule has 9 heteroatoms. The molecule has 2 aromatic rings. The third-order valence-corrected chi connectivity index (χ3v) is 6.95. The van der Waals surface area contributed by atoms with Gasteiger partial charge in [-0.25, -0.2) is 9.97 Å². The summed E-state index contributed by atoms with van der Waals surface area (Å²) >= 11 is 0. The van der Waals surface area contributed by atoms with Crippen LogP contribution in [0.15, 0.2) is 18.6 Å². The molecule has 178 valence electrons. The van der Waals surface area contributed by atoms with Crippen LogP contribution in [-0.4, -0.2) is 74.1 Å². The van der Waals surface area contributed by atoms with E-state index in [4.69, 9.17) is 4.98 Å². The lowest BCUT2D eigenvalue weighted by Gasteiger charge is -2.37. The van der Waals surface area contributed by atoms with Gasteiger partial charge in [0.25, 0.3) is 5.91 Å². The Morgan fingerprint density at radius 3 is 2.45 bits per heavy atom. The SMILES string of the molecule is CC(=O)N1CCC(CN2CCC(c3nc(C)ncc3C(=O)NCc3cnn(C)c3)CC2)CC1. The van der Waals surface area contributed by atoms with Crippen LogP contribution in [0.2, 0.25) is 0 Å². The van der Waals surface area contributed by atoms with Gasteiger partial charge in [0.05, 0.1) is 17.5 Å². The zero-order valence-corrected chi connectivity index (χ0v) is 20.0. The van der Waals surface area contributed by atoms with Crippen LogP contribution in [0.4, 0.5) is 0 Å². The molecule has 0 saturated carbocycles. The summed E-state index contributed by atoms with van der Waals surface area (Å²) in [6.07, 6.45) is 9.49. The highest BCUT2D eigenvalue weighted by Crippen LogP contribution is 2.30. The quantitative estimate of drug-likeness (QED) is 0.718. The maximum absolute atomic E-state index is 12.9. The van der Waals surface area contributed by atoms with Crippen LogP contribution >= 0.6 is 0 Å². The van der Waals surface area contributed by atoms with Crippen LogP contribution in [0.1, 0.15) is 66.0 Å². The fourth-order valence-electron chi connectivity index (χ4n) is 5.00. The molecule has 0 radical (unpaired) electrons. The third kappa shape index (κ3) is 5.96. The molecule has 0 atom stereocenters. The number of hydrogen-bond acceptors (Lipinski definition) is 6. The topological polar surface area (TPSA) is 96.2 Å². The Bertz CT molecular complexity index is 973. The molecule has 1 N–H and O–H groups in total. The predicted molar refractivity (Wildman–Crippen MR) is 125 cm³/mol. The largest absolute Gasteiger partial charge is 0.348 e. The number of nitrogens with one attached hydrogen (secondary N) is 1. The second-order valence-corrected chi connectivity index (χ2v) is 9.45. The number of rotatable bonds is 6. The summed E-state index contributed by atoms with van der Waals surface area (Å²) in [5, 5.41) is 7.14.